The average Bonchev–Trinajstić information content (AvgIpc) is 3.50. The van der Waals surface area contributed by atoms with Gasteiger partial charge in [0, 0.05) is 11.1 Å². The van der Waals surface area contributed by atoms with Crippen LogP contribution < -0.4 is 0 Å². The van der Waals surface area contributed by atoms with Crippen LogP contribution in [0.1, 0.15) is 52.6 Å². The minimum Gasteiger partial charge on any atom is -0.478 e. The molecule has 0 unspecified atom stereocenters. The molecule has 0 atom stereocenters. The monoisotopic (exact) mass is 489 g/mol. The van der Waals surface area contributed by atoms with Crippen molar-refractivity contribution in [2.75, 3.05) is 0 Å². The van der Waals surface area contributed by atoms with Gasteiger partial charge in [0.2, 0.25) is 0 Å². The molecule has 1 aliphatic heterocycles. The number of carbonyl (C=O) groups is 2. The number of aromatic carboxylic acids is 1. The molecule has 0 aliphatic carbocycles. The zero-order chi connectivity index (χ0) is 25.9. The lowest BCUT2D eigenvalue weighted by molar-refractivity contribution is -0.123. The first-order valence-electron chi connectivity index (χ1n) is 12.2. The first-order chi connectivity index (χ1) is 17.9. The average molecular weight is 490 g/mol. The van der Waals surface area contributed by atoms with Crippen LogP contribution in [0.4, 0.5) is 0 Å². The highest BCUT2D eigenvalue weighted by molar-refractivity contribution is 6.10. The smallest absolute Gasteiger partial charge is 0.335 e. The fourth-order valence-corrected chi connectivity index (χ4v) is 4.37. The summed E-state index contributed by atoms with van der Waals surface area (Å²) in [5.41, 5.74) is 5.54. The molecule has 2 heterocycles. The lowest BCUT2D eigenvalue weighted by atomic mass is 10.0. The minimum absolute atomic E-state index is 0.139. The number of carbonyl (C=O) groups excluding carboxylic acids is 1. The third kappa shape index (κ3) is 5.16. The van der Waals surface area contributed by atoms with Crippen molar-refractivity contribution in [3.63, 3.8) is 0 Å². The summed E-state index contributed by atoms with van der Waals surface area (Å²) in [6.45, 7) is 4.65. The number of furan rings is 1. The molecular weight excluding hydrogens is 462 g/mol. The quantitative estimate of drug-likeness (QED) is 0.278. The first kappa shape index (κ1) is 24.1. The van der Waals surface area contributed by atoms with E-state index < -0.39 is 5.97 Å². The van der Waals surface area contributed by atoms with E-state index in [9.17, 15) is 14.7 Å². The standard InChI is InChI=1S/C32H27NO4/c1-21(2)23-12-14-25(15-13-23)30-17-16-28(37-30)18-27-19-29(24-6-4-3-5-7-24)33(31(27)34)20-22-8-10-26(11-9-22)32(35)36/h3-19,21H,20H2,1-2H3,(H,35,36)/b27-18+. The van der Waals surface area contributed by atoms with E-state index in [1.807, 2.05) is 48.5 Å². The van der Waals surface area contributed by atoms with E-state index in [2.05, 4.69) is 38.1 Å². The Morgan fingerprint density at radius 2 is 1.59 bits per heavy atom. The van der Waals surface area contributed by atoms with Gasteiger partial charge in [-0.3, -0.25) is 4.79 Å². The van der Waals surface area contributed by atoms with Gasteiger partial charge >= 0.3 is 5.97 Å². The minimum atomic E-state index is -0.979. The summed E-state index contributed by atoms with van der Waals surface area (Å²) in [5, 5.41) is 9.19. The second-order valence-electron chi connectivity index (χ2n) is 9.37. The maximum Gasteiger partial charge on any atom is 0.335 e. The molecule has 1 amide bonds. The van der Waals surface area contributed by atoms with Crippen LogP contribution in [-0.4, -0.2) is 21.9 Å². The van der Waals surface area contributed by atoms with Gasteiger partial charge in [0.05, 0.1) is 17.8 Å². The van der Waals surface area contributed by atoms with E-state index in [4.69, 9.17) is 4.42 Å². The number of hydrogen-bond acceptors (Lipinski definition) is 3. The molecule has 184 valence electrons. The number of amides is 1. The predicted octanol–water partition coefficient (Wildman–Crippen LogP) is 7.24. The van der Waals surface area contributed by atoms with E-state index in [0.29, 0.717) is 23.8 Å². The molecule has 0 saturated heterocycles. The van der Waals surface area contributed by atoms with Crippen LogP contribution in [0.25, 0.3) is 23.1 Å². The third-order valence-electron chi connectivity index (χ3n) is 6.47. The molecule has 37 heavy (non-hydrogen) atoms. The van der Waals surface area contributed by atoms with Crippen molar-refractivity contribution >= 4 is 23.6 Å². The summed E-state index contributed by atoms with van der Waals surface area (Å²) in [5.74, 6) is 0.689. The zero-order valence-electron chi connectivity index (χ0n) is 20.7. The summed E-state index contributed by atoms with van der Waals surface area (Å²) >= 11 is 0. The van der Waals surface area contributed by atoms with Gasteiger partial charge in [-0.15, -0.1) is 0 Å². The molecule has 0 bridgehead atoms. The summed E-state index contributed by atoms with van der Waals surface area (Å²) in [6, 6.07) is 28.4. The van der Waals surface area contributed by atoms with Gasteiger partial charge in [-0.2, -0.15) is 0 Å². The number of benzene rings is 3. The van der Waals surface area contributed by atoms with Crippen LogP contribution in [0.5, 0.6) is 0 Å². The summed E-state index contributed by atoms with van der Waals surface area (Å²) in [6.07, 6.45) is 3.65. The van der Waals surface area contributed by atoms with Crippen LogP contribution in [0.3, 0.4) is 0 Å². The van der Waals surface area contributed by atoms with Gasteiger partial charge in [-0.1, -0.05) is 80.6 Å². The van der Waals surface area contributed by atoms with Gasteiger partial charge in [-0.25, -0.2) is 4.79 Å². The van der Waals surface area contributed by atoms with Gasteiger partial charge in [0.15, 0.2) is 0 Å². The van der Waals surface area contributed by atoms with Crippen molar-refractivity contribution < 1.29 is 19.1 Å². The maximum absolute atomic E-state index is 13.5. The fourth-order valence-electron chi connectivity index (χ4n) is 4.37. The summed E-state index contributed by atoms with van der Waals surface area (Å²) < 4.78 is 6.08. The number of nitrogens with zero attached hydrogens (tertiary/aromatic N) is 1. The second-order valence-corrected chi connectivity index (χ2v) is 9.37. The third-order valence-corrected chi connectivity index (χ3v) is 6.47. The molecule has 0 spiro atoms. The highest BCUT2D eigenvalue weighted by Crippen LogP contribution is 2.33. The molecule has 5 rings (SSSR count). The Labute approximate surface area is 216 Å². The predicted molar refractivity (Wildman–Crippen MR) is 145 cm³/mol. The van der Waals surface area contributed by atoms with Crippen molar-refractivity contribution in [2.24, 2.45) is 0 Å². The first-order valence-corrected chi connectivity index (χ1v) is 12.2. The molecule has 3 aromatic carbocycles. The number of rotatable bonds is 7. The maximum atomic E-state index is 13.5. The molecule has 1 aliphatic rings. The highest BCUT2D eigenvalue weighted by atomic mass is 16.4. The molecular formula is C32H27NO4. The van der Waals surface area contributed by atoms with E-state index in [1.54, 1.807) is 35.2 Å². The van der Waals surface area contributed by atoms with Crippen LogP contribution >= 0.6 is 0 Å². The molecule has 5 nitrogen and oxygen atoms in total. The largest absolute Gasteiger partial charge is 0.478 e. The Balaban J connectivity index is 1.44. The SMILES string of the molecule is CC(C)c1ccc(-c2ccc(/C=C3\C=C(c4ccccc4)N(Cc4ccc(C(=O)O)cc4)C3=O)o2)cc1. The second kappa shape index (κ2) is 10.2. The van der Waals surface area contributed by atoms with Crippen LogP contribution in [0.15, 0.2) is 107 Å². The van der Waals surface area contributed by atoms with Gasteiger partial charge in [-0.05, 0) is 59.0 Å². The zero-order valence-corrected chi connectivity index (χ0v) is 20.7. The van der Waals surface area contributed by atoms with E-state index in [0.717, 1.165) is 28.1 Å². The molecule has 1 aromatic heterocycles. The topological polar surface area (TPSA) is 70.8 Å². The van der Waals surface area contributed by atoms with Crippen LogP contribution in [0, 0.1) is 0 Å². The summed E-state index contributed by atoms with van der Waals surface area (Å²) in [7, 11) is 0. The number of hydrogen-bond donors (Lipinski definition) is 1. The Kier molecular flexibility index (Phi) is 6.60. The lowest BCUT2D eigenvalue weighted by Gasteiger charge is -2.21. The van der Waals surface area contributed by atoms with Gasteiger partial charge in [0.25, 0.3) is 5.91 Å². The van der Waals surface area contributed by atoms with Crippen molar-refractivity contribution in [3.05, 3.63) is 131 Å². The Morgan fingerprint density at radius 3 is 2.24 bits per heavy atom. The Hall–Kier alpha value is -4.64. The van der Waals surface area contributed by atoms with Gasteiger partial charge < -0.3 is 14.4 Å². The Bertz CT molecular complexity index is 1490. The van der Waals surface area contributed by atoms with E-state index in [1.165, 1.54) is 5.56 Å². The van der Waals surface area contributed by atoms with E-state index >= 15 is 0 Å². The van der Waals surface area contributed by atoms with E-state index in [-0.39, 0.29) is 11.5 Å². The van der Waals surface area contributed by atoms with Crippen molar-refractivity contribution in [1.29, 1.82) is 0 Å². The number of carboxylic acids is 1. The van der Waals surface area contributed by atoms with Crippen molar-refractivity contribution in [3.8, 4) is 11.3 Å². The van der Waals surface area contributed by atoms with Crippen molar-refractivity contribution in [2.45, 2.75) is 26.3 Å². The highest BCUT2D eigenvalue weighted by Gasteiger charge is 2.29. The molecule has 4 aromatic rings. The molecule has 0 radical (unpaired) electrons. The molecule has 5 heteroatoms. The molecule has 0 fully saturated rings. The lowest BCUT2D eigenvalue weighted by Crippen LogP contribution is -2.25. The number of carboxylic acid groups (broad SMARTS) is 1. The Morgan fingerprint density at radius 1 is 0.892 bits per heavy atom. The molecule has 1 N–H and O–H groups in total. The van der Waals surface area contributed by atoms with Gasteiger partial charge in [0.1, 0.15) is 11.5 Å². The molecule has 0 saturated carbocycles. The van der Waals surface area contributed by atoms with Crippen LogP contribution in [-0.2, 0) is 11.3 Å². The fraction of sp³-hybridized carbons (Fsp3) is 0.125. The van der Waals surface area contributed by atoms with Crippen molar-refractivity contribution in [1.82, 2.24) is 4.90 Å². The van der Waals surface area contributed by atoms with Crippen LogP contribution in [0.2, 0.25) is 0 Å². The normalized spacial score (nSPS) is 14.5. The summed E-state index contributed by atoms with van der Waals surface area (Å²) in [4.78, 5) is 26.4.